The molecule has 0 aromatic heterocycles. The van der Waals surface area contributed by atoms with Crippen LogP contribution in [-0.2, 0) is 39.4 Å². The molecule has 5 heteroatoms. The maximum atomic E-state index is 0. The molecular formula is H2AgBaCuOSm. The Morgan fingerprint density at radius 3 is 1.00 bits per heavy atom. The van der Waals surface area contributed by atoms with E-state index in [1.54, 1.807) is 0 Å². The number of rotatable bonds is 0. The monoisotopic (exact) mass is 478 g/mol. The van der Waals surface area contributed by atoms with Crippen LogP contribution in [0.1, 0.15) is 0 Å². The molecule has 0 spiro atoms. The van der Waals surface area contributed by atoms with Crippen molar-refractivity contribution in [2.24, 2.45) is 0 Å². The molecule has 0 aliphatic heterocycles. The second kappa shape index (κ2) is 24.2. The Morgan fingerprint density at radius 2 is 1.00 bits per heavy atom. The molecule has 0 bridgehead atoms. The van der Waals surface area contributed by atoms with Crippen LogP contribution in [0.2, 0.25) is 0 Å². The van der Waals surface area contributed by atoms with Gasteiger partial charge in [-0.15, -0.1) is 0 Å². The summed E-state index contributed by atoms with van der Waals surface area (Å²) in [5.74, 6) is 0. The van der Waals surface area contributed by atoms with Crippen molar-refractivity contribution in [1.82, 2.24) is 0 Å². The van der Waals surface area contributed by atoms with Gasteiger partial charge in [-0.3, -0.25) is 0 Å². The van der Waals surface area contributed by atoms with E-state index in [2.05, 4.69) is 0 Å². The summed E-state index contributed by atoms with van der Waals surface area (Å²) in [5, 5.41) is 0. The van der Waals surface area contributed by atoms with Crippen LogP contribution in [0.3, 0.4) is 0 Å². The van der Waals surface area contributed by atoms with E-state index < -0.39 is 0 Å². The van der Waals surface area contributed by atoms with E-state index in [-0.39, 0.29) is 134 Å². The van der Waals surface area contributed by atoms with E-state index >= 15 is 0 Å². The molecule has 0 aromatic rings. The van der Waals surface area contributed by atoms with Gasteiger partial charge < -0.3 is 5.48 Å². The van der Waals surface area contributed by atoms with Crippen molar-refractivity contribution in [1.29, 1.82) is 0 Å². The fourth-order valence-corrected chi connectivity index (χ4v) is 0. The molecule has 0 aliphatic rings. The van der Waals surface area contributed by atoms with Gasteiger partial charge in [0.05, 0.1) is 0 Å². The average Bonchev–Trinajstić information content (AvgIpc) is 0. The first kappa shape index (κ1) is 35.4. The Morgan fingerprint density at radius 1 is 1.00 bits per heavy atom. The minimum Gasteiger partial charge on any atom is -0.412 e. The van der Waals surface area contributed by atoms with Crippen molar-refractivity contribution >= 4 is 48.9 Å². The molecule has 0 saturated heterocycles. The molecule has 0 unspecified atom stereocenters. The SMILES string of the molecule is O.[Ag].[Ba].[Cu].[Sm]. The fraction of sp³-hybridized carbons (Fsp3) is 0. The van der Waals surface area contributed by atoms with Crippen LogP contribution in [0.25, 0.3) is 0 Å². The van der Waals surface area contributed by atoms with E-state index in [4.69, 9.17) is 0 Å². The first-order chi connectivity index (χ1) is 0. The van der Waals surface area contributed by atoms with Crippen LogP contribution >= 0.6 is 0 Å². The summed E-state index contributed by atoms with van der Waals surface area (Å²) in [6, 6.07) is 0. The third-order valence-electron chi connectivity index (χ3n) is 0. The zero-order chi connectivity index (χ0) is 0. The zero-order valence-electron chi connectivity index (χ0n) is 2.22. The van der Waals surface area contributed by atoms with Gasteiger partial charge in [0.2, 0.25) is 0 Å². The quantitative estimate of drug-likeness (QED) is 0.393. The Labute approximate surface area is 130 Å². The summed E-state index contributed by atoms with van der Waals surface area (Å²) in [4.78, 5) is 0. The first-order valence-electron chi connectivity index (χ1n) is 0. The third kappa shape index (κ3) is 17.9. The van der Waals surface area contributed by atoms with Gasteiger partial charge in [0.1, 0.15) is 0 Å². The molecular weight excluding hydrogens is 475 g/mol. The number of hydrogen-bond donors (Lipinski definition) is 0. The van der Waals surface area contributed by atoms with Crippen LogP contribution in [0, 0.1) is 40.4 Å². The van der Waals surface area contributed by atoms with Crippen molar-refractivity contribution in [3.8, 4) is 0 Å². The Balaban J connectivity index is 0. The fourth-order valence-electron chi connectivity index (χ4n) is 0. The summed E-state index contributed by atoms with van der Waals surface area (Å²) >= 11 is 0. The second-order valence-corrected chi connectivity index (χ2v) is 0. The van der Waals surface area contributed by atoms with Gasteiger partial charge >= 0.3 is 0 Å². The maximum Gasteiger partial charge on any atom is 0 e. The largest absolute Gasteiger partial charge is 0.412 e. The summed E-state index contributed by atoms with van der Waals surface area (Å²) in [5.41, 5.74) is 0. The predicted octanol–water partition coefficient (Wildman–Crippen LogP) is -1.21. The van der Waals surface area contributed by atoms with Gasteiger partial charge in [-0.1, -0.05) is 0 Å². The van der Waals surface area contributed by atoms with E-state index in [0.717, 1.165) is 0 Å². The molecule has 38 valence electrons. The third-order valence-corrected chi connectivity index (χ3v) is 0. The Bertz CT molecular complexity index is 11.6. The zero-order valence-corrected chi connectivity index (χ0v) is 11.7. The molecule has 1 nitrogen and oxygen atoms in total. The molecule has 4 radical (unpaired) electrons. The van der Waals surface area contributed by atoms with Crippen LogP contribution in [0.15, 0.2) is 0 Å². The molecule has 0 aliphatic carbocycles. The van der Waals surface area contributed by atoms with Crippen LogP contribution in [0.5, 0.6) is 0 Å². The van der Waals surface area contributed by atoms with E-state index in [1.165, 1.54) is 0 Å². The van der Waals surface area contributed by atoms with Crippen LogP contribution in [-0.4, -0.2) is 54.4 Å². The van der Waals surface area contributed by atoms with Crippen LogP contribution in [0.4, 0.5) is 0 Å². The van der Waals surface area contributed by atoms with Crippen molar-refractivity contribution < 1.29 is 85.3 Å². The molecule has 0 aromatic carbocycles. The molecule has 0 saturated carbocycles. The Kier molecular flexibility index (Phi) is 171. The van der Waals surface area contributed by atoms with E-state index in [0.29, 0.717) is 0 Å². The first-order valence-corrected chi connectivity index (χ1v) is 0. The molecule has 2 N–H and O–H groups in total. The van der Waals surface area contributed by atoms with Crippen molar-refractivity contribution in [3.05, 3.63) is 0 Å². The van der Waals surface area contributed by atoms with E-state index in [1.807, 2.05) is 0 Å². The van der Waals surface area contributed by atoms with Gasteiger partial charge in [0.15, 0.2) is 0 Å². The van der Waals surface area contributed by atoms with Gasteiger partial charge in [0.25, 0.3) is 0 Å². The average molecular weight is 477 g/mol. The molecule has 5 heavy (non-hydrogen) atoms. The molecule has 0 heterocycles. The van der Waals surface area contributed by atoms with Crippen molar-refractivity contribution in [2.45, 2.75) is 0 Å². The predicted molar refractivity (Wildman–Crippen MR) is 9.37 cm³/mol. The van der Waals surface area contributed by atoms with E-state index in [9.17, 15) is 0 Å². The van der Waals surface area contributed by atoms with Gasteiger partial charge in [-0.2, -0.15) is 0 Å². The summed E-state index contributed by atoms with van der Waals surface area (Å²) in [7, 11) is 0. The smallest absolute Gasteiger partial charge is 0 e. The van der Waals surface area contributed by atoms with Crippen molar-refractivity contribution in [3.63, 3.8) is 0 Å². The van der Waals surface area contributed by atoms with Gasteiger partial charge in [-0.05, 0) is 0 Å². The molecule has 0 amide bonds. The standard InChI is InChI=1S/Ag.Ba.Cu.H2O.Sm/h;;;1H2;. The van der Waals surface area contributed by atoms with Gasteiger partial charge in [-0.25, -0.2) is 0 Å². The number of hydrogen-bond acceptors (Lipinski definition) is 0. The maximum absolute atomic E-state index is 0. The van der Waals surface area contributed by atoms with Crippen molar-refractivity contribution in [2.75, 3.05) is 0 Å². The minimum atomic E-state index is 0. The molecule has 0 fully saturated rings. The second-order valence-electron chi connectivity index (χ2n) is 0. The molecule has 0 rings (SSSR count). The summed E-state index contributed by atoms with van der Waals surface area (Å²) in [6.07, 6.45) is 0. The summed E-state index contributed by atoms with van der Waals surface area (Å²) in [6.45, 7) is 0. The molecule has 0 atom stereocenters. The topological polar surface area (TPSA) is 31.5 Å². The Hall–Kier alpha value is 4.13. The van der Waals surface area contributed by atoms with Crippen LogP contribution < -0.4 is 0 Å². The van der Waals surface area contributed by atoms with Gasteiger partial charge in [0, 0.05) is 129 Å². The minimum absolute atomic E-state index is 0. The summed E-state index contributed by atoms with van der Waals surface area (Å²) < 4.78 is 0. The normalized spacial score (nSPS) is 0.